The van der Waals surface area contributed by atoms with Gasteiger partial charge in [0.15, 0.2) is 0 Å². The zero-order valence-electron chi connectivity index (χ0n) is 11.9. The lowest BCUT2D eigenvalue weighted by molar-refractivity contribution is -0.139. The lowest BCUT2D eigenvalue weighted by Gasteiger charge is -1.98. The number of thiophene rings is 1. The van der Waals surface area contributed by atoms with Crippen LogP contribution in [0.25, 0.3) is 16.8 Å². The molecule has 2 aromatic heterocycles. The number of hydrogen-bond donors (Lipinski definition) is 0. The molecule has 1 aromatic carbocycles. The van der Waals surface area contributed by atoms with E-state index in [9.17, 15) is 9.18 Å². The van der Waals surface area contributed by atoms with E-state index in [1.807, 2.05) is 17.5 Å². The van der Waals surface area contributed by atoms with Crippen molar-refractivity contribution in [1.29, 1.82) is 0 Å². The first-order valence-corrected chi connectivity index (χ1v) is 7.67. The topological polar surface area (TPSA) is 52.3 Å². The van der Waals surface area contributed by atoms with E-state index in [4.69, 9.17) is 9.15 Å². The third-order valence-electron chi connectivity index (χ3n) is 2.93. The summed E-state index contributed by atoms with van der Waals surface area (Å²) in [6, 6.07) is 9.61. The van der Waals surface area contributed by atoms with E-state index in [-0.39, 0.29) is 12.4 Å². The number of ether oxygens (including phenoxy) is 1. The van der Waals surface area contributed by atoms with Gasteiger partial charge in [0.25, 0.3) is 0 Å². The Balaban J connectivity index is 1.54. The molecule has 0 atom stereocenters. The number of esters is 1. The van der Waals surface area contributed by atoms with Crippen molar-refractivity contribution >= 4 is 23.4 Å². The normalized spacial score (nSPS) is 11.0. The summed E-state index contributed by atoms with van der Waals surface area (Å²) in [4.78, 5) is 16.8. The predicted octanol–water partition coefficient (Wildman–Crippen LogP) is 4.30. The van der Waals surface area contributed by atoms with Crippen molar-refractivity contribution in [2.24, 2.45) is 0 Å². The van der Waals surface area contributed by atoms with Crippen LogP contribution in [-0.4, -0.2) is 11.0 Å². The van der Waals surface area contributed by atoms with Gasteiger partial charge in [0, 0.05) is 6.08 Å². The van der Waals surface area contributed by atoms with Crippen LogP contribution in [0.3, 0.4) is 0 Å². The molecule has 3 aromatic rings. The first-order chi connectivity index (χ1) is 11.2. The number of carbonyl (C=O) groups excluding carboxylic acids is 1. The van der Waals surface area contributed by atoms with Crippen LogP contribution in [0.4, 0.5) is 4.39 Å². The molecule has 0 saturated carbocycles. The maximum atomic E-state index is 12.8. The smallest absolute Gasteiger partial charge is 0.331 e. The standard InChI is InChI=1S/C17H12FNO3S/c18-13-6-3-12(4-7-13)5-8-16(20)21-10-14-11-22-17(19-14)15-2-1-9-23-15/h1-9,11H,10H2/b8-5+. The molecule has 0 aliphatic rings. The van der Waals surface area contributed by atoms with Gasteiger partial charge >= 0.3 is 5.97 Å². The predicted molar refractivity (Wildman–Crippen MR) is 85.0 cm³/mol. The van der Waals surface area contributed by atoms with Gasteiger partial charge in [0.1, 0.15) is 24.4 Å². The van der Waals surface area contributed by atoms with Gasteiger partial charge in [-0.1, -0.05) is 18.2 Å². The Kier molecular flexibility index (Phi) is 4.63. The zero-order valence-corrected chi connectivity index (χ0v) is 12.8. The number of benzene rings is 1. The van der Waals surface area contributed by atoms with Crippen molar-refractivity contribution in [2.75, 3.05) is 0 Å². The van der Waals surface area contributed by atoms with Crippen LogP contribution in [0.1, 0.15) is 11.3 Å². The van der Waals surface area contributed by atoms with Crippen molar-refractivity contribution in [3.05, 3.63) is 71.2 Å². The summed E-state index contributed by atoms with van der Waals surface area (Å²) in [5, 5.41) is 1.93. The summed E-state index contributed by atoms with van der Waals surface area (Å²) in [5.74, 6) is -0.319. The van der Waals surface area contributed by atoms with Gasteiger partial charge in [-0.15, -0.1) is 11.3 Å². The van der Waals surface area contributed by atoms with Crippen LogP contribution in [0.15, 0.2) is 58.5 Å². The lowest BCUT2D eigenvalue weighted by atomic mass is 10.2. The molecule has 0 spiro atoms. The molecule has 4 nitrogen and oxygen atoms in total. The molecule has 23 heavy (non-hydrogen) atoms. The Bertz CT molecular complexity index is 807. The fraction of sp³-hybridized carbons (Fsp3) is 0.0588. The van der Waals surface area contributed by atoms with Gasteiger partial charge in [-0.2, -0.15) is 0 Å². The Morgan fingerprint density at radius 2 is 2.13 bits per heavy atom. The van der Waals surface area contributed by atoms with E-state index >= 15 is 0 Å². The molecule has 0 radical (unpaired) electrons. The third kappa shape index (κ3) is 4.14. The molecular weight excluding hydrogens is 317 g/mol. The van der Waals surface area contributed by atoms with Crippen LogP contribution in [0.2, 0.25) is 0 Å². The number of oxazole rings is 1. The number of nitrogens with zero attached hydrogens (tertiary/aromatic N) is 1. The van der Waals surface area contributed by atoms with E-state index in [2.05, 4.69) is 4.98 Å². The van der Waals surface area contributed by atoms with Crippen molar-refractivity contribution in [1.82, 2.24) is 4.98 Å². The summed E-state index contributed by atoms with van der Waals surface area (Å²) in [7, 11) is 0. The Hall–Kier alpha value is -2.73. The molecule has 0 aliphatic heterocycles. The highest BCUT2D eigenvalue weighted by Crippen LogP contribution is 2.23. The van der Waals surface area contributed by atoms with Crippen LogP contribution >= 0.6 is 11.3 Å². The van der Waals surface area contributed by atoms with Gasteiger partial charge in [0.05, 0.1) is 4.88 Å². The molecule has 2 heterocycles. The van der Waals surface area contributed by atoms with Crippen LogP contribution in [0, 0.1) is 5.82 Å². The van der Waals surface area contributed by atoms with Crippen molar-refractivity contribution in [3.8, 4) is 10.8 Å². The minimum absolute atomic E-state index is 0.0292. The van der Waals surface area contributed by atoms with Crippen LogP contribution in [0.5, 0.6) is 0 Å². The highest BCUT2D eigenvalue weighted by molar-refractivity contribution is 7.13. The second-order valence-electron chi connectivity index (χ2n) is 4.61. The number of carbonyl (C=O) groups is 1. The minimum atomic E-state index is -0.505. The Morgan fingerprint density at radius 3 is 2.87 bits per heavy atom. The fourth-order valence-electron chi connectivity index (χ4n) is 1.82. The molecule has 0 saturated heterocycles. The lowest BCUT2D eigenvalue weighted by Crippen LogP contribution is -2.00. The monoisotopic (exact) mass is 329 g/mol. The fourth-order valence-corrected chi connectivity index (χ4v) is 2.47. The molecule has 0 amide bonds. The van der Waals surface area contributed by atoms with Gasteiger partial charge in [-0.25, -0.2) is 14.2 Å². The molecule has 0 aliphatic carbocycles. The molecule has 116 valence electrons. The van der Waals surface area contributed by atoms with Gasteiger partial charge < -0.3 is 9.15 Å². The highest BCUT2D eigenvalue weighted by atomic mass is 32.1. The largest absolute Gasteiger partial charge is 0.456 e. The Labute approximate surface area is 135 Å². The SMILES string of the molecule is O=C(/C=C/c1ccc(F)cc1)OCc1coc(-c2cccs2)n1. The number of aromatic nitrogens is 1. The third-order valence-corrected chi connectivity index (χ3v) is 3.79. The van der Waals surface area contributed by atoms with Gasteiger partial charge in [-0.3, -0.25) is 0 Å². The quantitative estimate of drug-likeness (QED) is 0.517. The summed E-state index contributed by atoms with van der Waals surface area (Å²) >= 11 is 1.52. The first-order valence-electron chi connectivity index (χ1n) is 6.79. The average Bonchev–Trinajstić information content (AvgIpc) is 3.23. The van der Waals surface area contributed by atoms with Crippen LogP contribution in [-0.2, 0) is 16.1 Å². The van der Waals surface area contributed by atoms with Crippen molar-refractivity contribution < 1.29 is 18.3 Å². The summed E-state index contributed by atoms with van der Waals surface area (Å²) in [5.41, 5.74) is 1.25. The second-order valence-corrected chi connectivity index (χ2v) is 5.56. The number of rotatable bonds is 5. The maximum absolute atomic E-state index is 12.8. The van der Waals surface area contributed by atoms with Crippen molar-refractivity contribution in [2.45, 2.75) is 6.61 Å². The highest BCUT2D eigenvalue weighted by Gasteiger charge is 2.08. The van der Waals surface area contributed by atoms with Crippen molar-refractivity contribution in [3.63, 3.8) is 0 Å². The first kappa shape index (κ1) is 15.2. The zero-order chi connectivity index (χ0) is 16.1. The summed E-state index contributed by atoms with van der Waals surface area (Å²) < 4.78 is 23.2. The van der Waals surface area contributed by atoms with E-state index in [1.54, 1.807) is 18.2 Å². The number of halogens is 1. The summed E-state index contributed by atoms with van der Waals surface area (Å²) in [6.45, 7) is 0.0292. The molecular formula is C17H12FNO3S. The summed E-state index contributed by atoms with van der Waals surface area (Å²) in [6.07, 6.45) is 4.31. The molecule has 0 bridgehead atoms. The van der Waals surface area contributed by atoms with E-state index in [1.165, 1.54) is 35.8 Å². The Morgan fingerprint density at radius 1 is 1.30 bits per heavy atom. The minimum Gasteiger partial charge on any atom is -0.456 e. The molecule has 0 unspecified atom stereocenters. The van der Waals surface area contributed by atoms with E-state index in [0.717, 1.165) is 4.88 Å². The molecule has 3 rings (SSSR count). The van der Waals surface area contributed by atoms with Crippen LogP contribution < -0.4 is 0 Å². The number of hydrogen-bond acceptors (Lipinski definition) is 5. The average molecular weight is 329 g/mol. The maximum Gasteiger partial charge on any atom is 0.331 e. The molecule has 0 fully saturated rings. The molecule has 6 heteroatoms. The second kappa shape index (κ2) is 7.02. The molecule has 0 N–H and O–H groups in total. The van der Waals surface area contributed by atoms with Gasteiger partial charge in [-0.05, 0) is 35.2 Å². The van der Waals surface area contributed by atoms with E-state index < -0.39 is 5.97 Å². The van der Waals surface area contributed by atoms with Gasteiger partial charge in [0.2, 0.25) is 5.89 Å². The van der Waals surface area contributed by atoms with E-state index in [0.29, 0.717) is 17.1 Å².